The number of carbonyl (C=O) groups excluding carboxylic acids is 1. The van der Waals surface area contributed by atoms with E-state index in [2.05, 4.69) is 22.8 Å². The minimum absolute atomic E-state index is 0.174. The number of pyridine rings is 1. The molecule has 2 aromatic rings. The fourth-order valence-corrected chi connectivity index (χ4v) is 6.78. The largest absolute Gasteiger partial charge is 0.298 e. The van der Waals surface area contributed by atoms with Crippen LogP contribution in [-0.4, -0.2) is 10.9 Å². The van der Waals surface area contributed by atoms with Crippen molar-refractivity contribution in [3.63, 3.8) is 0 Å². The number of nitrogens with one attached hydrogen (secondary N) is 2. The zero-order chi connectivity index (χ0) is 18.6. The average molecular weight is 384 g/mol. The molecule has 2 unspecified atom stereocenters. The highest BCUT2D eigenvalue weighted by atomic mass is 35.5. The van der Waals surface area contributed by atoms with Crippen LogP contribution >= 0.6 is 11.6 Å². The minimum atomic E-state index is -0.181. The number of anilines is 1. The highest BCUT2D eigenvalue weighted by Gasteiger charge is 2.59. The predicted molar refractivity (Wildman–Crippen MR) is 108 cm³/mol. The molecular formula is C22H26ClN3O. The number of amides is 1. The molecule has 1 heterocycles. The Kier molecular flexibility index (Phi) is 3.91. The third-order valence-electron chi connectivity index (χ3n) is 7.42. The SMILES string of the molecule is CCC12CC3CC(C1)CC(C(=O)NNc1cccc4nc(Cl)ccc14)(C3)C2. The van der Waals surface area contributed by atoms with Gasteiger partial charge in [-0.1, -0.05) is 31.0 Å². The van der Waals surface area contributed by atoms with Gasteiger partial charge < -0.3 is 0 Å². The molecule has 142 valence electrons. The van der Waals surface area contributed by atoms with E-state index in [1.165, 1.54) is 25.7 Å². The lowest BCUT2D eigenvalue weighted by Gasteiger charge is -2.61. The van der Waals surface area contributed by atoms with E-state index in [1.54, 1.807) is 6.07 Å². The van der Waals surface area contributed by atoms with Gasteiger partial charge in [-0.15, -0.1) is 0 Å². The van der Waals surface area contributed by atoms with Crippen LogP contribution in [-0.2, 0) is 4.79 Å². The Morgan fingerprint density at radius 2 is 1.96 bits per heavy atom. The summed E-state index contributed by atoms with van der Waals surface area (Å²) in [4.78, 5) is 17.7. The lowest BCUT2D eigenvalue weighted by molar-refractivity contribution is -0.157. The number of benzene rings is 1. The maximum absolute atomic E-state index is 13.3. The summed E-state index contributed by atoms with van der Waals surface area (Å²) in [5.74, 6) is 1.65. The van der Waals surface area contributed by atoms with E-state index in [4.69, 9.17) is 11.6 Å². The van der Waals surface area contributed by atoms with E-state index in [0.29, 0.717) is 10.6 Å². The molecule has 4 nitrogen and oxygen atoms in total. The Labute approximate surface area is 165 Å². The summed E-state index contributed by atoms with van der Waals surface area (Å²) in [6, 6.07) is 9.54. The molecule has 2 N–H and O–H groups in total. The van der Waals surface area contributed by atoms with Crippen LogP contribution in [0.5, 0.6) is 0 Å². The van der Waals surface area contributed by atoms with Crippen molar-refractivity contribution < 1.29 is 4.79 Å². The normalized spacial score (nSPS) is 34.0. The molecule has 4 bridgehead atoms. The van der Waals surface area contributed by atoms with Crippen LogP contribution in [0.1, 0.15) is 51.9 Å². The van der Waals surface area contributed by atoms with Crippen LogP contribution in [0.15, 0.2) is 30.3 Å². The highest BCUT2D eigenvalue weighted by molar-refractivity contribution is 6.29. The number of fused-ring (bicyclic) bond motifs is 1. The number of rotatable bonds is 4. The van der Waals surface area contributed by atoms with Crippen molar-refractivity contribution in [2.24, 2.45) is 22.7 Å². The fraction of sp³-hybridized carbons (Fsp3) is 0.545. The lowest BCUT2D eigenvalue weighted by atomic mass is 9.43. The number of halogens is 1. The standard InChI is InChI=1S/C22H26ClN3O/c1-2-21-9-14-8-15(10-21)12-22(11-14,13-21)20(27)26-25-18-5-3-4-17-16(18)6-7-19(23)24-17/h3-7,14-15,25H,2,8-13H2,1H3,(H,26,27). The molecule has 27 heavy (non-hydrogen) atoms. The van der Waals surface area contributed by atoms with E-state index < -0.39 is 0 Å². The van der Waals surface area contributed by atoms with Crippen LogP contribution < -0.4 is 10.9 Å². The van der Waals surface area contributed by atoms with Crippen LogP contribution in [0.4, 0.5) is 5.69 Å². The number of hydrazine groups is 1. The summed E-state index contributed by atoms with van der Waals surface area (Å²) in [5, 5.41) is 1.43. The van der Waals surface area contributed by atoms with Gasteiger partial charge in [-0.05, 0) is 80.0 Å². The second-order valence-corrected chi connectivity index (χ2v) is 9.57. The minimum Gasteiger partial charge on any atom is -0.298 e. The van der Waals surface area contributed by atoms with Gasteiger partial charge in [-0.3, -0.25) is 15.6 Å². The zero-order valence-corrected chi connectivity index (χ0v) is 16.5. The molecule has 4 aliphatic carbocycles. The van der Waals surface area contributed by atoms with Crippen molar-refractivity contribution in [1.29, 1.82) is 0 Å². The summed E-state index contributed by atoms with van der Waals surface area (Å²) < 4.78 is 0. The smallest absolute Gasteiger partial charge is 0.244 e. The molecule has 2 atom stereocenters. The van der Waals surface area contributed by atoms with E-state index in [-0.39, 0.29) is 11.3 Å². The molecule has 4 fully saturated rings. The Hall–Kier alpha value is -1.81. The van der Waals surface area contributed by atoms with Crippen molar-refractivity contribution in [3.05, 3.63) is 35.5 Å². The molecule has 0 saturated heterocycles. The Bertz CT molecular complexity index is 898. The first-order valence-corrected chi connectivity index (χ1v) is 10.5. The molecule has 6 rings (SSSR count). The van der Waals surface area contributed by atoms with Crippen LogP contribution in [0, 0.1) is 22.7 Å². The van der Waals surface area contributed by atoms with Crippen molar-refractivity contribution in [2.75, 3.05) is 5.43 Å². The van der Waals surface area contributed by atoms with Crippen molar-refractivity contribution in [3.8, 4) is 0 Å². The van der Waals surface area contributed by atoms with Gasteiger partial charge in [0.25, 0.3) is 0 Å². The quantitative estimate of drug-likeness (QED) is 0.554. The summed E-state index contributed by atoms with van der Waals surface area (Å²) in [6.07, 6.45) is 8.38. The molecule has 1 aromatic carbocycles. The molecule has 0 radical (unpaired) electrons. The molecule has 0 spiro atoms. The predicted octanol–water partition coefficient (Wildman–Crippen LogP) is 5.33. The Balaban J connectivity index is 1.37. The fourth-order valence-electron chi connectivity index (χ4n) is 6.63. The van der Waals surface area contributed by atoms with Crippen molar-refractivity contribution in [2.45, 2.75) is 51.9 Å². The number of carbonyl (C=O) groups is 1. The number of hydrogen-bond acceptors (Lipinski definition) is 3. The number of aromatic nitrogens is 1. The summed E-state index contributed by atoms with van der Waals surface area (Å²) in [5.41, 5.74) is 8.14. The number of nitrogens with zero attached hydrogens (tertiary/aromatic N) is 1. The first-order valence-electron chi connectivity index (χ1n) is 10.1. The third kappa shape index (κ3) is 2.80. The molecule has 4 aliphatic rings. The van der Waals surface area contributed by atoms with E-state index in [1.807, 2.05) is 24.3 Å². The maximum atomic E-state index is 13.3. The first kappa shape index (κ1) is 17.3. The van der Waals surface area contributed by atoms with Gasteiger partial charge in [-0.25, -0.2) is 4.98 Å². The highest BCUT2D eigenvalue weighted by Crippen LogP contribution is 2.66. The zero-order valence-electron chi connectivity index (χ0n) is 15.7. The van der Waals surface area contributed by atoms with Crippen LogP contribution in [0.25, 0.3) is 10.9 Å². The van der Waals surface area contributed by atoms with Gasteiger partial charge in [0, 0.05) is 5.39 Å². The molecule has 5 heteroatoms. The van der Waals surface area contributed by atoms with Gasteiger partial charge in [0.2, 0.25) is 5.91 Å². The van der Waals surface area contributed by atoms with Crippen LogP contribution in [0.3, 0.4) is 0 Å². The monoisotopic (exact) mass is 383 g/mol. The summed E-state index contributed by atoms with van der Waals surface area (Å²) in [6.45, 7) is 2.31. The summed E-state index contributed by atoms with van der Waals surface area (Å²) >= 11 is 6.00. The lowest BCUT2D eigenvalue weighted by Crippen LogP contribution is -2.58. The molecule has 1 aromatic heterocycles. The molecule has 4 saturated carbocycles. The molecule has 0 aliphatic heterocycles. The van der Waals surface area contributed by atoms with E-state index in [0.717, 1.165) is 47.7 Å². The van der Waals surface area contributed by atoms with Gasteiger partial charge in [0.15, 0.2) is 0 Å². The van der Waals surface area contributed by atoms with Crippen LogP contribution in [0.2, 0.25) is 5.15 Å². The average Bonchev–Trinajstić information content (AvgIpc) is 2.64. The third-order valence-corrected chi connectivity index (χ3v) is 7.63. The van der Waals surface area contributed by atoms with Crippen molar-refractivity contribution >= 4 is 34.1 Å². The van der Waals surface area contributed by atoms with Gasteiger partial charge in [-0.2, -0.15) is 0 Å². The van der Waals surface area contributed by atoms with Gasteiger partial charge >= 0.3 is 0 Å². The first-order chi connectivity index (χ1) is 13.0. The molecular weight excluding hydrogens is 358 g/mol. The number of hydrogen-bond donors (Lipinski definition) is 2. The topological polar surface area (TPSA) is 54.0 Å². The maximum Gasteiger partial charge on any atom is 0.244 e. The van der Waals surface area contributed by atoms with E-state index in [9.17, 15) is 4.79 Å². The Morgan fingerprint density at radius 3 is 2.70 bits per heavy atom. The molecule has 1 amide bonds. The van der Waals surface area contributed by atoms with Gasteiger partial charge in [0.1, 0.15) is 5.15 Å². The second kappa shape index (κ2) is 6.10. The summed E-state index contributed by atoms with van der Waals surface area (Å²) in [7, 11) is 0. The Morgan fingerprint density at radius 1 is 1.19 bits per heavy atom. The van der Waals surface area contributed by atoms with Crippen molar-refractivity contribution in [1.82, 2.24) is 10.4 Å². The van der Waals surface area contributed by atoms with Gasteiger partial charge in [0.05, 0.1) is 16.6 Å². The van der Waals surface area contributed by atoms with E-state index >= 15 is 0 Å². The second-order valence-electron chi connectivity index (χ2n) is 9.18.